The lowest BCUT2D eigenvalue weighted by Crippen LogP contribution is -2.15. The van der Waals surface area contributed by atoms with Gasteiger partial charge in [0, 0.05) is 35.2 Å². The van der Waals surface area contributed by atoms with Crippen LogP contribution in [0.25, 0.3) is 21.8 Å². The minimum Gasteiger partial charge on any atom is -0.413 e. The summed E-state index contributed by atoms with van der Waals surface area (Å²) in [5.41, 5.74) is 3.73. The number of aromatic nitrogens is 2. The summed E-state index contributed by atoms with van der Waals surface area (Å²) < 4.78 is 1.80. The van der Waals surface area contributed by atoms with Crippen LogP contribution in [0.4, 0.5) is 5.69 Å². The van der Waals surface area contributed by atoms with Gasteiger partial charge in [-0.05, 0) is 23.8 Å². The van der Waals surface area contributed by atoms with Gasteiger partial charge in [0.05, 0.1) is 26.8 Å². The second kappa shape index (κ2) is 9.14. The summed E-state index contributed by atoms with van der Waals surface area (Å²) in [7, 11) is 0. The molecule has 33 heavy (non-hydrogen) atoms. The van der Waals surface area contributed by atoms with Gasteiger partial charge in [-0.1, -0.05) is 77.8 Å². The molecule has 0 fully saturated rings. The lowest BCUT2D eigenvalue weighted by molar-refractivity contribution is 0.102. The number of hydrogen-bond acceptors (Lipinski definition) is 3. The van der Waals surface area contributed by atoms with Gasteiger partial charge in [0.25, 0.3) is 5.91 Å². The lowest BCUT2D eigenvalue weighted by Gasteiger charge is -2.11. The van der Waals surface area contributed by atoms with Crippen molar-refractivity contribution in [2.75, 3.05) is 11.9 Å². The van der Waals surface area contributed by atoms with E-state index >= 15 is 0 Å². The molecule has 0 bridgehead atoms. The Morgan fingerprint density at radius 1 is 0.879 bits per heavy atom. The van der Waals surface area contributed by atoms with Crippen molar-refractivity contribution in [2.24, 2.45) is 0 Å². The zero-order valence-corrected chi connectivity index (χ0v) is 19.0. The van der Waals surface area contributed by atoms with E-state index in [-0.39, 0.29) is 16.0 Å². The van der Waals surface area contributed by atoms with Crippen molar-refractivity contribution in [3.05, 3.63) is 106 Å². The average Bonchev–Trinajstić information content (AvgIpc) is 3.16. The normalized spacial score (nSPS) is 11.1. The van der Waals surface area contributed by atoms with Gasteiger partial charge < -0.3 is 10.2 Å². The first-order valence-corrected chi connectivity index (χ1v) is 11.2. The molecule has 0 aliphatic carbocycles. The summed E-state index contributed by atoms with van der Waals surface area (Å²) in [6.45, 7) is 0.496. The zero-order chi connectivity index (χ0) is 22.8. The Morgan fingerprint density at radius 3 is 2.36 bits per heavy atom. The second-order valence-electron chi connectivity index (χ2n) is 7.51. The van der Waals surface area contributed by atoms with E-state index in [9.17, 15) is 4.79 Å². The van der Waals surface area contributed by atoms with E-state index in [4.69, 9.17) is 28.0 Å². The first-order valence-electron chi connectivity index (χ1n) is 10.4. The molecule has 5 aromatic rings. The van der Waals surface area contributed by atoms with Gasteiger partial charge in [-0.25, -0.2) is 0 Å². The minimum atomic E-state index is -0.317. The number of halogens is 2. The predicted octanol–water partition coefficient (Wildman–Crippen LogP) is 6.42. The van der Waals surface area contributed by atoms with Gasteiger partial charge in [0.15, 0.2) is 0 Å². The van der Waals surface area contributed by atoms with Crippen molar-refractivity contribution in [1.29, 1.82) is 0 Å². The van der Waals surface area contributed by atoms with E-state index in [1.807, 2.05) is 54.6 Å². The van der Waals surface area contributed by atoms with E-state index in [2.05, 4.69) is 22.4 Å². The Bertz CT molecular complexity index is 1440. The molecular weight excluding hydrogens is 457 g/mol. The SMILES string of the molecule is O=C(Nc1c(Cl)cncc1Cl)c1cccc2c1c1ccccc1n2OCCc1ccccc1. The number of carbonyl (C=O) groups is 1. The molecule has 2 aromatic heterocycles. The van der Waals surface area contributed by atoms with Crippen molar-refractivity contribution in [1.82, 2.24) is 9.71 Å². The fraction of sp³-hybridized carbons (Fsp3) is 0.0769. The number of nitrogens with one attached hydrogen (secondary N) is 1. The third-order valence-electron chi connectivity index (χ3n) is 5.44. The Balaban J connectivity index is 1.53. The molecule has 5 nitrogen and oxygen atoms in total. The van der Waals surface area contributed by atoms with Crippen molar-refractivity contribution >= 4 is 56.6 Å². The van der Waals surface area contributed by atoms with Gasteiger partial charge in [-0.2, -0.15) is 4.73 Å². The molecule has 0 saturated carbocycles. The van der Waals surface area contributed by atoms with Crippen molar-refractivity contribution in [3.63, 3.8) is 0 Å². The van der Waals surface area contributed by atoms with Crippen LogP contribution < -0.4 is 10.2 Å². The molecule has 1 N–H and O–H groups in total. The van der Waals surface area contributed by atoms with Crippen LogP contribution in [0.1, 0.15) is 15.9 Å². The molecule has 5 rings (SSSR count). The van der Waals surface area contributed by atoms with Crippen LogP contribution in [0.5, 0.6) is 0 Å². The number of anilines is 1. The number of rotatable bonds is 6. The number of pyridine rings is 1. The van der Waals surface area contributed by atoms with Crippen LogP contribution in [-0.4, -0.2) is 22.2 Å². The third kappa shape index (κ3) is 4.13. The number of fused-ring (bicyclic) bond motifs is 3. The summed E-state index contributed by atoms with van der Waals surface area (Å²) in [5.74, 6) is -0.317. The summed E-state index contributed by atoms with van der Waals surface area (Å²) in [6.07, 6.45) is 3.65. The molecule has 0 aliphatic heterocycles. The Hall–Kier alpha value is -3.54. The lowest BCUT2D eigenvalue weighted by atomic mass is 10.1. The average molecular weight is 476 g/mol. The van der Waals surface area contributed by atoms with Crippen molar-refractivity contribution < 1.29 is 9.63 Å². The number of benzene rings is 3. The number of para-hydroxylation sites is 1. The molecule has 0 unspecified atom stereocenters. The van der Waals surface area contributed by atoms with Crippen LogP contribution in [0.2, 0.25) is 10.0 Å². The van der Waals surface area contributed by atoms with Crippen LogP contribution in [-0.2, 0) is 6.42 Å². The van der Waals surface area contributed by atoms with Gasteiger partial charge in [0.1, 0.15) is 6.61 Å². The monoisotopic (exact) mass is 475 g/mol. The molecule has 2 heterocycles. The first kappa shape index (κ1) is 21.3. The molecule has 0 spiro atoms. The summed E-state index contributed by atoms with van der Waals surface area (Å²) in [5, 5.41) is 5.10. The minimum absolute atomic E-state index is 0.273. The molecule has 164 valence electrons. The number of hydrogen-bond donors (Lipinski definition) is 1. The molecule has 3 aromatic carbocycles. The maximum atomic E-state index is 13.3. The molecule has 0 radical (unpaired) electrons. The standard InChI is InChI=1S/C26H19Cl2N3O2/c27-20-15-29-16-21(28)25(20)30-26(32)19-10-6-12-23-24(19)18-9-4-5-11-22(18)31(23)33-14-13-17-7-2-1-3-8-17/h1-12,15-16H,13-14H2,(H,29,30,32). The highest BCUT2D eigenvalue weighted by Crippen LogP contribution is 2.33. The Morgan fingerprint density at radius 2 is 1.58 bits per heavy atom. The predicted molar refractivity (Wildman–Crippen MR) is 133 cm³/mol. The topological polar surface area (TPSA) is 56.2 Å². The summed E-state index contributed by atoms with van der Waals surface area (Å²) >= 11 is 12.4. The third-order valence-corrected chi connectivity index (χ3v) is 6.02. The van der Waals surface area contributed by atoms with E-state index in [1.165, 1.54) is 18.0 Å². The van der Waals surface area contributed by atoms with E-state index in [1.54, 1.807) is 10.8 Å². The van der Waals surface area contributed by atoms with Gasteiger partial charge in [-0.3, -0.25) is 9.78 Å². The van der Waals surface area contributed by atoms with E-state index < -0.39 is 0 Å². The fourth-order valence-corrected chi connectivity index (χ4v) is 4.38. The van der Waals surface area contributed by atoms with E-state index in [0.717, 1.165) is 28.2 Å². The quantitative estimate of drug-likeness (QED) is 0.308. The Kier molecular flexibility index (Phi) is 5.90. The van der Waals surface area contributed by atoms with Crippen molar-refractivity contribution in [2.45, 2.75) is 6.42 Å². The van der Waals surface area contributed by atoms with Crippen LogP contribution in [0.15, 0.2) is 85.2 Å². The second-order valence-corrected chi connectivity index (χ2v) is 8.33. The van der Waals surface area contributed by atoms with Crippen molar-refractivity contribution in [3.8, 4) is 0 Å². The maximum Gasteiger partial charge on any atom is 0.256 e. The van der Waals surface area contributed by atoms with Gasteiger partial charge in [-0.15, -0.1) is 0 Å². The highest BCUT2D eigenvalue weighted by atomic mass is 35.5. The highest BCUT2D eigenvalue weighted by Gasteiger charge is 2.20. The van der Waals surface area contributed by atoms with Gasteiger partial charge in [0.2, 0.25) is 0 Å². The molecule has 0 saturated heterocycles. The zero-order valence-electron chi connectivity index (χ0n) is 17.5. The number of nitrogens with zero attached hydrogens (tertiary/aromatic N) is 2. The highest BCUT2D eigenvalue weighted by molar-refractivity contribution is 6.40. The largest absolute Gasteiger partial charge is 0.413 e. The van der Waals surface area contributed by atoms with E-state index in [0.29, 0.717) is 17.9 Å². The molecular formula is C26H19Cl2N3O2. The summed E-state index contributed by atoms with van der Waals surface area (Å²) in [6, 6.07) is 23.6. The molecule has 0 atom stereocenters. The fourth-order valence-electron chi connectivity index (χ4n) is 3.92. The smallest absolute Gasteiger partial charge is 0.256 e. The van der Waals surface area contributed by atoms with Crippen LogP contribution >= 0.6 is 23.2 Å². The molecule has 0 aliphatic rings. The molecule has 7 heteroatoms. The number of carbonyl (C=O) groups excluding carboxylic acids is 1. The molecule has 1 amide bonds. The van der Waals surface area contributed by atoms with Crippen LogP contribution in [0, 0.1) is 0 Å². The number of amides is 1. The van der Waals surface area contributed by atoms with Crippen LogP contribution in [0.3, 0.4) is 0 Å². The van der Waals surface area contributed by atoms with Gasteiger partial charge >= 0.3 is 0 Å². The first-order chi connectivity index (χ1) is 16.1. The Labute approximate surface area is 200 Å². The maximum absolute atomic E-state index is 13.3. The summed E-state index contributed by atoms with van der Waals surface area (Å²) in [4.78, 5) is 23.4.